The Morgan fingerprint density at radius 3 is 3.00 bits per heavy atom. The minimum atomic E-state index is -0.0779. The Morgan fingerprint density at radius 1 is 1.63 bits per heavy atom. The van der Waals surface area contributed by atoms with Crippen LogP contribution in [0.4, 0.5) is 5.13 Å². The van der Waals surface area contributed by atoms with Crippen molar-refractivity contribution in [3.8, 4) is 0 Å². The second kappa shape index (κ2) is 8.71. The van der Waals surface area contributed by atoms with E-state index in [2.05, 4.69) is 15.2 Å². The highest BCUT2D eigenvalue weighted by Gasteiger charge is 2.17. The molecule has 0 bridgehead atoms. The predicted octanol–water partition coefficient (Wildman–Crippen LogP) is 1.87. The van der Waals surface area contributed by atoms with Gasteiger partial charge in [0.25, 0.3) is 0 Å². The maximum atomic E-state index is 10.9. The zero-order chi connectivity index (χ0) is 12.3. The number of carbonyl (C=O) groups is 1. The molecule has 1 atom stereocenters. The van der Waals surface area contributed by atoms with E-state index in [0.29, 0.717) is 5.13 Å². The third-order valence-corrected chi connectivity index (χ3v) is 3.57. The van der Waals surface area contributed by atoms with Crippen LogP contribution in [0, 0.1) is 0 Å². The first kappa shape index (κ1) is 18.6. The van der Waals surface area contributed by atoms with E-state index >= 15 is 0 Å². The topological polar surface area (TPSA) is 71.2 Å². The number of nitrogens with two attached hydrogens (primary N) is 1. The number of amides is 1. The number of hydrogen-bond acceptors (Lipinski definition) is 5. The fourth-order valence-electron chi connectivity index (χ4n) is 2.05. The van der Waals surface area contributed by atoms with Crippen molar-refractivity contribution in [2.45, 2.75) is 32.4 Å². The largest absolute Gasteiger partial charge is 0.327 e. The van der Waals surface area contributed by atoms with E-state index < -0.39 is 0 Å². The van der Waals surface area contributed by atoms with Gasteiger partial charge in [-0.3, -0.25) is 9.69 Å². The molecule has 8 heteroatoms. The van der Waals surface area contributed by atoms with Crippen molar-refractivity contribution in [1.29, 1.82) is 0 Å². The van der Waals surface area contributed by atoms with Gasteiger partial charge in [0, 0.05) is 31.4 Å². The molecule has 1 amide bonds. The molecule has 2 heterocycles. The lowest BCUT2D eigenvalue weighted by Gasteiger charge is -2.29. The van der Waals surface area contributed by atoms with E-state index in [9.17, 15) is 4.79 Å². The molecule has 1 unspecified atom stereocenters. The fraction of sp³-hybridized carbons (Fsp3) is 0.636. The average molecular weight is 327 g/mol. The number of piperidine rings is 1. The maximum absolute atomic E-state index is 10.9. The number of aromatic nitrogens is 1. The van der Waals surface area contributed by atoms with Gasteiger partial charge in [-0.05, 0) is 19.4 Å². The SMILES string of the molecule is CC(=O)Nc1nc(CN2CCCC(N)C2)cs1.Cl.Cl. The summed E-state index contributed by atoms with van der Waals surface area (Å²) in [5.41, 5.74) is 6.94. The van der Waals surface area contributed by atoms with Crippen molar-refractivity contribution in [2.75, 3.05) is 18.4 Å². The first-order chi connectivity index (χ1) is 8.13. The normalized spacial score (nSPS) is 19.2. The van der Waals surface area contributed by atoms with Gasteiger partial charge in [0.05, 0.1) is 5.69 Å². The van der Waals surface area contributed by atoms with Crippen molar-refractivity contribution < 1.29 is 4.79 Å². The molecule has 110 valence electrons. The lowest BCUT2D eigenvalue weighted by molar-refractivity contribution is -0.114. The van der Waals surface area contributed by atoms with Gasteiger partial charge in [-0.1, -0.05) is 0 Å². The standard InChI is InChI=1S/C11H18N4OS.2ClH/c1-8(16)13-11-14-10(7-17-11)6-15-4-2-3-9(12)5-15;;/h7,9H,2-6,12H2,1H3,(H,13,14,16);2*1H. The monoisotopic (exact) mass is 326 g/mol. The predicted molar refractivity (Wildman–Crippen MR) is 83.4 cm³/mol. The second-order valence-corrected chi connectivity index (χ2v) is 5.32. The van der Waals surface area contributed by atoms with Crippen LogP contribution in [0.3, 0.4) is 0 Å². The van der Waals surface area contributed by atoms with Crippen LogP contribution in [-0.2, 0) is 11.3 Å². The molecule has 1 aromatic heterocycles. The van der Waals surface area contributed by atoms with Gasteiger partial charge in [0.15, 0.2) is 5.13 Å². The number of nitrogens with zero attached hydrogens (tertiary/aromatic N) is 2. The van der Waals surface area contributed by atoms with E-state index in [1.54, 1.807) is 0 Å². The highest BCUT2D eigenvalue weighted by atomic mass is 35.5. The molecule has 1 aromatic rings. The molecule has 1 saturated heterocycles. The molecule has 0 spiro atoms. The van der Waals surface area contributed by atoms with E-state index in [4.69, 9.17) is 5.73 Å². The lowest BCUT2D eigenvalue weighted by atomic mass is 10.1. The Labute approximate surface area is 129 Å². The van der Waals surface area contributed by atoms with Crippen LogP contribution in [0.1, 0.15) is 25.5 Å². The van der Waals surface area contributed by atoms with Crippen LogP contribution in [-0.4, -0.2) is 34.9 Å². The zero-order valence-electron chi connectivity index (χ0n) is 10.8. The summed E-state index contributed by atoms with van der Waals surface area (Å²) in [5, 5.41) is 5.36. The molecule has 3 N–H and O–H groups in total. The molecule has 0 saturated carbocycles. The molecule has 0 radical (unpaired) electrons. The Balaban J connectivity index is 0.00000162. The van der Waals surface area contributed by atoms with Crippen molar-refractivity contribution in [3.05, 3.63) is 11.1 Å². The summed E-state index contributed by atoms with van der Waals surface area (Å²) < 4.78 is 0. The summed E-state index contributed by atoms with van der Waals surface area (Å²) in [6.07, 6.45) is 2.27. The Kier molecular flexibility index (Phi) is 8.52. The highest BCUT2D eigenvalue weighted by molar-refractivity contribution is 7.13. The number of halogens is 2. The summed E-state index contributed by atoms with van der Waals surface area (Å²) >= 11 is 1.47. The number of rotatable bonds is 3. The molecule has 1 aliphatic rings. The van der Waals surface area contributed by atoms with Gasteiger partial charge in [0.1, 0.15) is 0 Å². The molecule has 0 aliphatic carbocycles. The van der Waals surface area contributed by atoms with Gasteiger partial charge >= 0.3 is 0 Å². The van der Waals surface area contributed by atoms with Crippen LogP contribution in [0.2, 0.25) is 0 Å². The summed E-state index contributed by atoms with van der Waals surface area (Å²) in [6.45, 7) is 4.34. The molecule has 1 aliphatic heterocycles. The molecule has 1 fully saturated rings. The molecular formula is C11H20Cl2N4OS. The van der Waals surface area contributed by atoms with Crippen molar-refractivity contribution >= 4 is 47.2 Å². The average Bonchev–Trinajstić information content (AvgIpc) is 2.64. The summed E-state index contributed by atoms with van der Waals surface area (Å²) in [5.74, 6) is -0.0779. The fourth-order valence-corrected chi connectivity index (χ4v) is 2.80. The number of anilines is 1. The van der Waals surface area contributed by atoms with Crippen LogP contribution in [0.15, 0.2) is 5.38 Å². The first-order valence-electron chi connectivity index (χ1n) is 5.83. The quantitative estimate of drug-likeness (QED) is 0.889. The zero-order valence-corrected chi connectivity index (χ0v) is 13.2. The van der Waals surface area contributed by atoms with Crippen LogP contribution >= 0.6 is 36.2 Å². The van der Waals surface area contributed by atoms with Crippen molar-refractivity contribution in [3.63, 3.8) is 0 Å². The second-order valence-electron chi connectivity index (χ2n) is 4.46. The molecule has 5 nitrogen and oxygen atoms in total. The Bertz CT molecular complexity index is 402. The van der Waals surface area contributed by atoms with Gasteiger partial charge in [-0.15, -0.1) is 36.2 Å². The third kappa shape index (κ3) is 6.05. The van der Waals surface area contributed by atoms with Crippen molar-refractivity contribution in [1.82, 2.24) is 9.88 Å². The summed E-state index contributed by atoms with van der Waals surface area (Å²) in [6, 6.07) is 0.289. The van der Waals surface area contributed by atoms with Gasteiger partial charge < -0.3 is 11.1 Å². The summed E-state index contributed by atoms with van der Waals surface area (Å²) in [7, 11) is 0. The number of likely N-dealkylation sites (tertiary alicyclic amines) is 1. The molecule has 0 aromatic carbocycles. The number of thiazole rings is 1. The number of nitrogens with one attached hydrogen (secondary N) is 1. The van der Waals surface area contributed by atoms with Crippen LogP contribution in [0.5, 0.6) is 0 Å². The van der Waals surface area contributed by atoms with E-state index in [-0.39, 0.29) is 36.8 Å². The van der Waals surface area contributed by atoms with E-state index in [1.807, 2.05) is 5.38 Å². The van der Waals surface area contributed by atoms with E-state index in [0.717, 1.165) is 38.2 Å². The minimum Gasteiger partial charge on any atom is -0.327 e. The Hall–Kier alpha value is -0.400. The third-order valence-electron chi connectivity index (χ3n) is 2.76. The van der Waals surface area contributed by atoms with E-state index in [1.165, 1.54) is 18.3 Å². The molecule has 2 rings (SSSR count). The van der Waals surface area contributed by atoms with Crippen LogP contribution in [0.25, 0.3) is 0 Å². The Morgan fingerprint density at radius 2 is 2.37 bits per heavy atom. The minimum absolute atomic E-state index is 0. The number of carbonyl (C=O) groups excluding carboxylic acids is 1. The van der Waals surface area contributed by atoms with Gasteiger partial charge in [-0.25, -0.2) is 4.98 Å². The van der Waals surface area contributed by atoms with Gasteiger partial charge in [-0.2, -0.15) is 0 Å². The van der Waals surface area contributed by atoms with Crippen LogP contribution < -0.4 is 11.1 Å². The first-order valence-corrected chi connectivity index (χ1v) is 6.71. The van der Waals surface area contributed by atoms with Gasteiger partial charge in [0.2, 0.25) is 5.91 Å². The lowest BCUT2D eigenvalue weighted by Crippen LogP contribution is -2.42. The molecule has 19 heavy (non-hydrogen) atoms. The summed E-state index contributed by atoms with van der Waals surface area (Å²) in [4.78, 5) is 17.6. The van der Waals surface area contributed by atoms with Crippen molar-refractivity contribution in [2.24, 2.45) is 5.73 Å². The smallest absolute Gasteiger partial charge is 0.223 e. The number of hydrogen-bond donors (Lipinski definition) is 2. The molecular weight excluding hydrogens is 307 g/mol. The maximum Gasteiger partial charge on any atom is 0.223 e. The highest BCUT2D eigenvalue weighted by Crippen LogP contribution is 2.18.